The fraction of sp³-hybridized carbons (Fsp3) is 0.381. The lowest BCUT2D eigenvalue weighted by atomic mass is 10.1. The van der Waals surface area contributed by atoms with Gasteiger partial charge in [-0.3, -0.25) is 9.69 Å². The van der Waals surface area contributed by atoms with Gasteiger partial charge in [0.25, 0.3) is 0 Å². The third-order valence-electron chi connectivity index (χ3n) is 4.72. The number of nitrogens with zero attached hydrogens (tertiary/aromatic N) is 2. The van der Waals surface area contributed by atoms with Gasteiger partial charge < -0.3 is 4.90 Å². The first-order valence-electron chi connectivity index (χ1n) is 8.93. The fourth-order valence-corrected chi connectivity index (χ4v) is 3.26. The molecule has 1 heterocycles. The second kappa shape index (κ2) is 8.65. The molecule has 0 aromatic heterocycles. The van der Waals surface area contributed by atoms with E-state index < -0.39 is 0 Å². The van der Waals surface area contributed by atoms with Crippen molar-refractivity contribution in [3.05, 3.63) is 66.2 Å². The van der Waals surface area contributed by atoms with Crippen molar-refractivity contribution in [3.63, 3.8) is 0 Å². The molecule has 2 aromatic carbocycles. The first-order chi connectivity index (χ1) is 11.8. The number of para-hydroxylation sites is 1. The second-order valence-electron chi connectivity index (χ2n) is 6.41. The minimum Gasteiger partial charge on any atom is -0.369 e. The quantitative estimate of drug-likeness (QED) is 0.571. The number of benzene rings is 2. The number of piperazine rings is 1. The number of rotatable bonds is 7. The Morgan fingerprint density at radius 3 is 2.08 bits per heavy atom. The van der Waals surface area contributed by atoms with E-state index in [4.69, 9.17) is 0 Å². The Morgan fingerprint density at radius 2 is 1.42 bits per heavy atom. The normalized spacial score (nSPS) is 15.4. The van der Waals surface area contributed by atoms with Gasteiger partial charge in [0.2, 0.25) is 0 Å². The summed E-state index contributed by atoms with van der Waals surface area (Å²) in [7, 11) is 0. The molecule has 3 heteroatoms. The Balaban J connectivity index is 1.33. The average molecular weight is 322 g/mol. The van der Waals surface area contributed by atoms with Crippen molar-refractivity contribution in [3.8, 4) is 0 Å². The lowest BCUT2D eigenvalue weighted by Gasteiger charge is -2.36. The van der Waals surface area contributed by atoms with Gasteiger partial charge in [-0.05, 0) is 31.5 Å². The van der Waals surface area contributed by atoms with Crippen molar-refractivity contribution in [1.29, 1.82) is 0 Å². The molecule has 0 spiro atoms. The van der Waals surface area contributed by atoms with Gasteiger partial charge >= 0.3 is 0 Å². The van der Waals surface area contributed by atoms with Gasteiger partial charge in [-0.25, -0.2) is 0 Å². The molecule has 0 amide bonds. The van der Waals surface area contributed by atoms with E-state index in [-0.39, 0.29) is 5.78 Å². The molecule has 2 aromatic rings. The zero-order valence-corrected chi connectivity index (χ0v) is 14.2. The molecule has 24 heavy (non-hydrogen) atoms. The molecular weight excluding hydrogens is 296 g/mol. The molecule has 1 fully saturated rings. The van der Waals surface area contributed by atoms with Crippen molar-refractivity contribution in [2.45, 2.75) is 19.3 Å². The molecule has 0 bridgehead atoms. The van der Waals surface area contributed by atoms with E-state index >= 15 is 0 Å². The van der Waals surface area contributed by atoms with Gasteiger partial charge in [0.1, 0.15) is 0 Å². The summed E-state index contributed by atoms with van der Waals surface area (Å²) < 4.78 is 0. The van der Waals surface area contributed by atoms with Crippen LogP contribution in [0.1, 0.15) is 29.6 Å². The van der Waals surface area contributed by atoms with Crippen molar-refractivity contribution in [2.24, 2.45) is 0 Å². The lowest BCUT2D eigenvalue weighted by Crippen LogP contribution is -2.46. The van der Waals surface area contributed by atoms with E-state index in [9.17, 15) is 4.79 Å². The smallest absolute Gasteiger partial charge is 0.162 e. The predicted octanol–water partition coefficient (Wildman–Crippen LogP) is 3.86. The van der Waals surface area contributed by atoms with Crippen molar-refractivity contribution in [2.75, 3.05) is 37.6 Å². The van der Waals surface area contributed by atoms with E-state index in [1.807, 2.05) is 30.3 Å². The van der Waals surface area contributed by atoms with E-state index in [0.717, 1.165) is 51.1 Å². The number of ketones is 1. The minimum atomic E-state index is 0.268. The molecule has 0 atom stereocenters. The van der Waals surface area contributed by atoms with Crippen molar-refractivity contribution < 1.29 is 4.79 Å². The van der Waals surface area contributed by atoms with E-state index in [0.29, 0.717) is 6.42 Å². The van der Waals surface area contributed by atoms with Crippen LogP contribution in [0.5, 0.6) is 0 Å². The Labute approximate surface area is 144 Å². The zero-order valence-electron chi connectivity index (χ0n) is 14.2. The van der Waals surface area contributed by atoms with Crippen LogP contribution in [-0.2, 0) is 0 Å². The number of hydrogen-bond acceptors (Lipinski definition) is 3. The number of anilines is 1. The van der Waals surface area contributed by atoms with Crippen LogP contribution < -0.4 is 4.90 Å². The molecule has 3 rings (SSSR count). The van der Waals surface area contributed by atoms with Crippen molar-refractivity contribution in [1.82, 2.24) is 4.90 Å². The Morgan fingerprint density at radius 1 is 0.792 bits per heavy atom. The highest BCUT2D eigenvalue weighted by molar-refractivity contribution is 5.95. The Kier molecular flexibility index (Phi) is 6.02. The zero-order chi connectivity index (χ0) is 16.6. The molecule has 0 radical (unpaired) electrons. The van der Waals surface area contributed by atoms with Crippen LogP contribution >= 0.6 is 0 Å². The summed E-state index contributed by atoms with van der Waals surface area (Å²) in [6.45, 7) is 5.51. The summed E-state index contributed by atoms with van der Waals surface area (Å²) in [6, 6.07) is 20.3. The molecule has 1 aliphatic rings. The van der Waals surface area contributed by atoms with Crippen LogP contribution in [0.4, 0.5) is 5.69 Å². The largest absolute Gasteiger partial charge is 0.369 e. The molecule has 0 saturated carbocycles. The standard InChI is InChI=1S/C21H26N2O/c24-21(19-9-3-1-4-10-19)13-7-8-14-22-15-17-23(18-16-22)20-11-5-2-6-12-20/h1-6,9-12H,7-8,13-18H2. The first kappa shape index (κ1) is 16.7. The van der Waals surface area contributed by atoms with Crippen LogP contribution in [0.2, 0.25) is 0 Å². The number of carbonyl (C=O) groups is 1. The Bertz CT molecular complexity index is 619. The topological polar surface area (TPSA) is 23.6 Å². The van der Waals surface area contributed by atoms with Crippen molar-refractivity contribution >= 4 is 11.5 Å². The summed E-state index contributed by atoms with van der Waals surface area (Å²) in [6.07, 6.45) is 2.74. The predicted molar refractivity (Wildman–Crippen MR) is 99.7 cm³/mol. The van der Waals surface area contributed by atoms with Gasteiger partial charge in [-0.2, -0.15) is 0 Å². The molecule has 3 nitrogen and oxygen atoms in total. The summed E-state index contributed by atoms with van der Waals surface area (Å²) in [4.78, 5) is 17.0. The summed E-state index contributed by atoms with van der Waals surface area (Å²) in [5, 5.41) is 0. The van der Waals surface area contributed by atoms with E-state index in [1.54, 1.807) is 0 Å². The van der Waals surface area contributed by atoms with Crippen LogP contribution in [0.25, 0.3) is 0 Å². The molecular formula is C21H26N2O. The van der Waals surface area contributed by atoms with Gasteiger partial charge in [-0.15, -0.1) is 0 Å². The molecule has 0 aliphatic carbocycles. The highest BCUT2D eigenvalue weighted by Crippen LogP contribution is 2.16. The van der Waals surface area contributed by atoms with Gasteiger partial charge in [0, 0.05) is 43.9 Å². The third kappa shape index (κ3) is 4.68. The maximum Gasteiger partial charge on any atom is 0.162 e. The highest BCUT2D eigenvalue weighted by atomic mass is 16.1. The van der Waals surface area contributed by atoms with Crippen LogP contribution in [0.15, 0.2) is 60.7 Å². The molecule has 1 aliphatic heterocycles. The number of hydrogen-bond donors (Lipinski definition) is 0. The highest BCUT2D eigenvalue weighted by Gasteiger charge is 2.16. The third-order valence-corrected chi connectivity index (χ3v) is 4.72. The number of Topliss-reactive ketones (excluding diaryl/α,β-unsaturated/α-hetero) is 1. The van der Waals surface area contributed by atoms with Crippen LogP contribution in [-0.4, -0.2) is 43.4 Å². The number of carbonyl (C=O) groups excluding carboxylic acids is 1. The summed E-state index contributed by atoms with van der Waals surface area (Å²) in [5.41, 5.74) is 2.17. The van der Waals surface area contributed by atoms with Crippen LogP contribution in [0, 0.1) is 0 Å². The van der Waals surface area contributed by atoms with E-state index in [1.165, 1.54) is 5.69 Å². The molecule has 1 saturated heterocycles. The van der Waals surface area contributed by atoms with Crippen LogP contribution in [0.3, 0.4) is 0 Å². The molecule has 0 unspecified atom stereocenters. The Hall–Kier alpha value is -2.13. The molecule has 0 N–H and O–H groups in total. The SMILES string of the molecule is O=C(CCCCN1CCN(c2ccccc2)CC1)c1ccccc1. The monoisotopic (exact) mass is 322 g/mol. The average Bonchev–Trinajstić information content (AvgIpc) is 2.67. The van der Waals surface area contributed by atoms with Gasteiger partial charge in [0.15, 0.2) is 5.78 Å². The van der Waals surface area contributed by atoms with Gasteiger partial charge in [-0.1, -0.05) is 48.5 Å². The van der Waals surface area contributed by atoms with E-state index in [2.05, 4.69) is 40.1 Å². The fourth-order valence-electron chi connectivity index (χ4n) is 3.26. The maximum atomic E-state index is 12.1. The lowest BCUT2D eigenvalue weighted by molar-refractivity contribution is 0.0977. The second-order valence-corrected chi connectivity index (χ2v) is 6.41. The first-order valence-corrected chi connectivity index (χ1v) is 8.93. The summed E-state index contributed by atoms with van der Waals surface area (Å²) >= 11 is 0. The minimum absolute atomic E-state index is 0.268. The number of unbranched alkanes of at least 4 members (excludes halogenated alkanes) is 1. The van der Waals surface area contributed by atoms with Gasteiger partial charge in [0.05, 0.1) is 0 Å². The molecule has 126 valence electrons. The maximum absolute atomic E-state index is 12.1. The summed E-state index contributed by atoms with van der Waals surface area (Å²) in [5.74, 6) is 0.268.